The highest BCUT2D eigenvalue weighted by atomic mass is 32.2. The number of hydrogen-bond donors (Lipinski definition) is 0. The van der Waals surface area contributed by atoms with Crippen molar-refractivity contribution in [3.63, 3.8) is 0 Å². The molecule has 14 heterocycles. The van der Waals surface area contributed by atoms with Crippen LogP contribution in [0.15, 0.2) is 314 Å². The Hall–Kier alpha value is -7.64. The molecule has 0 aromatic rings. The first-order valence-electron chi connectivity index (χ1n) is 36.0. The van der Waals surface area contributed by atoms with Gasteiger partial charge in [-0.3, -0.25) is 4.90 Å². The summed E-state index contributed by atoms with van der Waals surface area (Å²) in [7, 11) is 0. The van der Waals surface area contributed by atoms with Crippen molar-refractivity contribution >= 4 is 41.5 Å². The molecule has 0 spiro atoms. The van der Waals surface area contributed by atoms with Crippen LogP contribution in [0.4, 0.5) is 0 Å². The molecule has 0 amide bonds. The minimum absolute atomic E-state index is 0.834. The van der Waals surface area contributed by atoms with E-state index in [1.165, 1.54) is 153 Å². The summed E-state index contributed by atoms with van der Waals surface area (Å²) in [5, 5.41) is 6.08. The van der Waals surface area contributed by atoms with Gasteiger partial charge in [0.25, 0.3) is 0 Å². The maximum absolute atomic E-state index is 5.18. The number of aliphatic imine (C=N–C) groups is 1. The summed E-state index contributed by atoms with van der Waals surface area (Å²) in [5.74, 6) is 4.28. The number of hydrogen-bond acceptors (Lipinski definition) is 12. The summed E-state index contributed by atoms with van der Waals surface area (Å²) in [6, 6.07) is 0. The van der Waals surface area contributed by atoms with Crippen LogP contribution in [0.3, 0.4) is 0 Å². The van der Waals surface area contributed by atoms with E-state index in [1.807, 2.05) is 205 Å². The zero-order valence-electron chi connectivity index (χ0n) is 64.6. The Kier molecular flexibility index (Phi) is 44.9. The zero-order chi connectivity index (χ0) is 73.9. The van der Waals surface area contributed by atoms with Crippen LogP contribution in [-0.4, -0.2) is 71.7 Å². The topological polar surface area (TPSA) is 44.3 Å². The molecule has 3 fully saturated rings. The molecule has 14 aliphatic rings. The predicted molar refractivity (Wildman–Crippen MR) is 444 cm³/mol. The first-order chi connectivity index (χ1) is 47.4. The van der Waals surface area contributed by atoms with Crippen molar-refractivity contribution in [3.8, 4) is 0 Å². The van der Waals surface area contributed by atoms with Gasteiger partial charge in [-0.25, -0.2) is 4.99 Å². The summed E-state index contributed by atoms with van der Waals surface area (Å²) in [6.07, 6.45) is 58.3. The van der Waals surface area contributed by atoms with Crippen molar-refractivity contribution in [1.82, 2.24) is 34.3 Å². The highest BCUT2D eigenvalue weighted by molar-refractivity contribution is 8.06. The van der Waals surface area contributed by atoms with Crippen molar-refractivity contribution in [1.29, 1.82) is 0 Å². The standard InChI is InChI=1S/C12H17N.C11H15NS.C11H11N.C10H10N2.C10H13NS.C9H9NO.C9H9NS.7C2H6/c1-10-8-12-6-4-3-5-7-13(12)9-11(10)2;1-9-7-11-12(8-10(9)2)5-3-4-6-13-11;1-9-7-11-5-3-4-6-12(11)8-10(9)2;1-8-6-10-11-4-3-5-12(10)7-9(8)2;1-8-6-10-11(7-9(8)2)4-3-5-12-10;2*1-7-5-9-10(3-4-11-9)6-8(7)2;7*1-2/h8-9H,1,3-7H2,2H3;7-8H,1,3-6H2,2H3;3-8H,1H2,2H3;3-7H,1H2,2H3;6-7H,1,3-5H2,2H3;2*3-6H,1H2,2H3;7*1-2H3. The summed E-state index contributed by atoms with van der Waals surface area (Å²) in [5.41, 5.74) is 19.1. The van der Waals surface area contributed by atoms with E-state index in [2.05, 4.69) is 189 Å². The third-order valence-corrected chi connectivity index (χ3v) is 18.4. The van der Waals surface area contributed by atoms with Gasteiger partial charge in [0.05, 0.1) is 15.1 Å². The van der Waals surface area contributed by atoms with Crippen LogP contribution in [0, 0.1) is 0 Å². The van der Waals surface area contributed by atoms with Gasteiger partial charge in [0.1, 0.15) is 12.1 Å². The fourth-order valence-electron chi connectivity index (χ4n) is 9.62. The minimum Gasteiger partial charge on any atom is -0.447 e. The molecule has 0 atom stereocenters. The average molecular weight is 1380 g/mol. The molecule has 9 nitrogen and oxygen atoms in total. The third-order valence-electron chi connectivity index (χ3n) is 15.2. The molecule has 534 valence electrons. The quantitative estimate of drug-likeness (QED) is 0.233. The van der Waals surface area contributed by atoms with Gasteiger partial charge >= 0.3 is 0 Å². The lowest BCUT2D eigenvalue weighted by molar-refractivity contribution is 0.304. The fourth-order valence-corrected chi connectivity index (χ4v) is 12.5. The third kappa shape index (κ3) is 28.7. The van der Waals surface area contributed by atoms with Crippen molar-refractivity contribution in [3.05, 3.63) is 309 Å². The largest absolute Gasteiger partial charge is 0.447 e. The summed E-state index contributed by atoms with van der Waals surface area (Å²) >= 11 is 5.62. The van der Waals surface area contributed by atoms with E-state index in [0.29, 0.717) is 0 Å². The number of fused-ring (bicyclic) bond motifs is 7. The van der Waals surface area contributed by atoms with E-state index in [9.17, 15) is 0 Å². The van der Waals surface area contributed by atoms with Gasteiger partial charge in [-0.05, 0) is 231 Å². The molecule has 0 aromatic heterocycles. The molecule has 0 N–H and O–H groups in total. The van der Waals surface area contributed by atoms with Gasteiger partial charge in [0, 0.05) is 117 Å². The monoisotopic (exact) mass is 1380 g/mol. The molecule has 98 heavy (non-hydrogen) atoms. The molecule has 14 rings (SSSR count). The van der Waals surface area contributed by atoms with Crippen LogP contribution < -0.4 is 0 Å². The molecule has 14 aliphatic heterocycles. The van der Waals surface area contributed by atoms with Gasteiger partial charge in [-0.1, -0.05) is 167 Å². The molecule has 0 unspecified atom stereocenters. The second kappa shape index (κ2) is 49.8. The number of nitrogens with zero attached hydrogens (tertiary/aromatic N) is 8. The molecule has 0 aliphatic carbocycles. The number of thioether (sulfide) groups is 3. The Morgan fingerprint density at radius 2 is 0.816 bits per heavy atom. The lowest BCUT2D eigenvalue weighted by Gasteiger charge is -2.31. The molecular weight excluding hydrogens is 1260 g/mol. The average Bonchev–Trinajstić information content (AvgIpc) is 1.47. The molecular formula is C86H126N8OS3. The van der Waals surface area contributed by atoms with Gasteiger partial charge in [0.2, 0.25) is 5.88 Å². The van der Waals surface area contributed by atoms with Crippen molar-refractivity contribution < 1.29 is 4.74 Å². The zero-order valence-corrected chi connectivity index (χ0v) is 67.0. The minimum atomic E-state index is 0.834. The van der Waals surface area contributed by atoms with Crippen LogP contribution in [0.5, 0.6) is 0 Å². The Labute approximate surface area is 612 Å². The second-order valence-electron chi connectivity index (χ2n) is 21.9. The SMILES string of the molecule is C=C1C=C2C=CC=CN2C=C1C.C=C1C=C2CCCCCN2C=C1C.C=C1C=C2N=CC=CN2C=C1C.C=C1C=C2OC=CN2C=C1C.C=C1C=C2SC=CN2C=C1C.C=C1C=C2SCCCCN2C=C1C.C=C1C=C2SCCCN2C=C1C.CC.CC.CC.CC.CC.CC.CC. The van der Waals surface area contributed by atoms with Crippen molar-refractivity contribution in [2.45, 2.75) is 190 Å². The van der Waals surface area contributed by atoms with Crippen molar-refractivity contribution in [2.75, 3.05) is 31.1 Å². The molecule has 0 saturated carbocycles. The predicted octanol–water partition coefficient (Wildman–Crippen LogP) is 26.1. The highest BCUT2D eigenvalue weighted by Gasteiger charge is 2.21. The molecule has 12 heteroatoms. The highest BCUT2D eigenvalue weighted by Crippen LogP contribution is 2.37. The smallest absolute Gasteiger partial charge is 0.203 e. The van der Waals surface area contributed by atoms with E-state index < -0.39 is 0 Å². The van der Waals surface area contributed by atoms with Crippen LogP contribution in [0.25, 0.3) is 0 Å². The van der Waals surface area contributed by atoms with E-state index in [1.54, 1.807) is 24.2 Å². The number of ether oxygens (including phenoxy) is 1. The molecule has 3 saturated heterocycles. The number of rotatable bonds is 0. The van der Waals surface area contributed by atoms with Crippen LogP contribution in [0.1, 0.15) is 190 Å². The van der Waals surface area contributed by atoms with Crippen LogP contribution in [0.2, 0.25) is 0 Å². The van der Waals surface area contributed by atoms with Gasteiger partial charge in [0.15, 0.2) is 0 Å². The summed E-state index contributed by atoms with van der Waals surface area (Å²) in [6.45, 7) is 73.9. The summed E-state index contributed by atoms with van der Waals surface area (Å²) in [4.78, 5) is 19.4. The number of allylic oxidation sites excluding steroid dienone is 26. The lowest BCUT2D eigenvalue weighted by Crippen LogP contribution is -2.24. The fraction of sp³-hybridized carbons (Fsp3) is 0.384. The van der Waals surface area contributed by atoms with E-state index in [4.69, 9.17) is 4.74 Å². The first kappa shape index (κ1) is 88.4. The van der Waals surface area contributed by atoms with E-state index >= 15 is 0 Å². The van der Waals surface area contributed by atoms with Gasteiger partial charge in [-0.2, -0.15) is 0 Å². The Bertz CT molecular complexity index is 3180. The first-order valence-corrected chi connectivity index (χ1v) is 38.8. The Morgan fingerprint density at radius 1 is 0.378 bits per heavy atom. The lowest BCUT2D eigenvalue weighted by atomic mass is 10.0. The van der Waals surface area contributed by atoms with Crippen molar-refractivity contribution in [2.24, 2.45) is 4.99 Å². The van der Waals surface area contributed by atoms with E-state index in [0.717, 1.165) is 39.6 Å². The van der Waals surface area contributed by atoms with Crippen LogP contribution >= 0.6 is 35.3 Å². The second-order valence-corrected chi connectivity index (χ2v) is 25.1. The normalized spacial score (nSPS) is 19.2. The molecule has 0 aromatic carbocycles. The summed E-state index contributed by atoms with van der Waals surface area (Å²) < 4.78 is 5.18. The van der Waals surface area contributed by atoms with Crippen LogP contribution in [-0.2, 0) is 4.74 Å². The maximum Gasteiger partial charge on any atom is 0.203 e. The van der Waals surface area contributed by atoms with Gasteiger partial charge < -0.3 is 34.1 Å². The molecule has 0 radical (unpaired) electrons. The Morgan fingerprint density at radius 3 is 1.41 bits per heavy atom. The maximum atomic E-state index is 5.18. The van der Waals surface area contributed by atoms with E-state index in [-0.39, 0.29) is 0 Å². The van der Waals surface area contributed by atoms with Gasteiger partial charge in [-0.15, -0.1) is 23.5 Å². The molecule has 0 bridgehead atoms. The Balaban J connectivity index is 0.000000555.